The summed E-state index contributed by atoms with van der Waals surface area (Å²) in [6.07, 6.45) is 68.3. The second kappa shape index (κ2) is 61.0. The number of carbonyl (C=O) groups excluding carboxylic acids is 3. The minimum Gasteiger partial charge on any atom is -0.462 e. The van der Waals surface area contributed by atoms with Gasteiger partial charge in [-0.15, -0.1) is 0 Å². The molecule has 6 heteroatoms. The van der Waals surface area contributed by atoms with E-state index in [1.54, 1.807) is 0 Å². The van der Waals surface area contributed by atoms with Gasteiger partial charge in [0.1, 0.15) is 13.2 Å². The largest absolute Gasteiger partial charge is 0.462 e. The molecule has 0 amide bonds. The third kappa shape index (κ3) is 63.2. The Morgan fingerprint density at radius 2 is 0.382 bits per heavy atom. The van der Waals surface area contributed by atoms with Gasteiger partial charge in [-0.1, -0.05) is 356 Å². The summed E-state index contributed by atoms with van der Waals surface area (Å²) in [6, 6.07) is 0. The van der Waals surface area contributed by atoms with Crippen LogP contribution in [0.5, 0.6) is 0 Å². The highest BCUT2D eigenvalue weighted by atomic mass is 16.6. The predicted molar refractivity (Wildman–Crippen MR) is 330 cm³/mol. The molecule has 0 aliphatic rings. The Kier molecular flexibility index (Phi) is 59.8. The van der Waals surface area contributed by atoms with Gasteiger partial charge in [-0.25, -0.2) is 0 Å². The number of ether oxygens (including phenoxy) is 3. The molecule has 0 bridgehead atoms. The van der Waals surface area contributed by atoms with Gasteiger partial charge in [-0.3, -0.25) is 14.4 Å². The van der Waals surface area contributed by atoms with Crippen molar-refractivity contribution >= 4 is 17.9 Å². The Hall–Kier alpha value is -1.59. The summed E-state index contributed by atoms with van der Waals surface area (Å²) in [5.41, 5.74) is 0. The van der Waals surface area contributed by atoms with Crippen molar-refractivity contribution in [3.63, 3.8) is 0 Å². The monoisotopic (exact) mass is 1070 g/mol. The van der Waals surface area contributed by atoms with E-state index in [9.17, 15) is 14.4 Å². The third-order valence-corrected chi connectivity index (χ3v) is 16.1. The lowest BCUT2D eigenvalue weighted by molar-refractivity contribution is -0.167. The maximum Gasteiger partial charge on any atom is 0.306 e. The van der Waals surface area contributed by atoms with Gasteiger partial charge < -0.3 is 14.2 Å². The molecule has 0 N–H and O–H groups in total. The number of esters is 3. The smallest absolute Gasteiger partial charge is 0.306 e. The van der Waals surface area contributed by atoms with Crippen molar-refractivity contribution in [2.45, 2.75) is 401 Å². The number of unbranched alkanes of at least 4 members (excludes halogenated alkanes) is 46. The summed E-state index contributed by atoms with van der Waals surface area (Å²) in [5.74, 6) is 1.73. The van der Waals surface area contributed by atoms with E-state index in [1.165, 1.54) is 276 Å². The standard InChI is InChI=1S/C70H136O6/c1-64(2)56-50-44-38-32-26-20-14-9-7-8-10-18-25-31-37-43-49-55-61-70(73)76-67(63-75-69(72)60-54-48-42-36-30-24-19-13-16-22-28-34-40-46-52-58-66(5)6)62-74-68(71)59-53-47-41-35-29-23-17-12-11-15-21-27-33-39-45-51-57-65(3)4/h64-67H,7-63H2,1-6H3/t67-/m1/s1. The molecule has 76 heavy (non-hydrogen) atoms. The molecule has 0 saturated carbocycles. The highest BCUT2D eigenvalue weighted by Gasteiger charge is 2.20. The molecular formula is C70H136O6. The third-order valence-electron chi connectivity index (χ3n) is 16.1. The van der Waals surface area contributed by atoms with Gasteiger partial charge in [0.05, 0.1) is 0 Å². The second-order valence-electron chi connectivity index (χ2n) is 25.6. The zero-order chi connectivity index (χ0) is 55.5. The SMILES string of the molecule is CC(C)CCCCCCCCCCCCCCCCCCCCC(=O)O[C@H](COC(=O)CCCCCCCCCCCCCCCCCCC(C)C)COC(=O)CCCCCCCCCCCCCCCCCC(C)C. The van der Waals surface area contributed by atoms with Crippen molar-refractivity contribution in [1.29, 1.82) is 0 Å². The molecular weight excluding hydrogens is 937 g/mol. The Morgan fingerprint density at radius 1 is 0.224 bits per heavy atom. The Bertz CT molecular complexity index is 1180. The van der Waals surface area contributed by atoms with Crippen LogP contribution in [0.4, 0.5) is 0 Å². The lowest BCUT2D eigenvalue weighted by Gasteiger charge is -2.18. The summed E-state index contributed by atoms with van der Waals surface area (Å²) in [6.45, 7) is 13.9. The van der Waals surface area contributed by atoms with Crippen molar-refractivity contribution in [2.75, 3.05) is 13.2 Å². The zero-order valence-electron chi connectivity index (χ0n) is 52.6. The fraction of sp³-hybridized carbons (Fsp3) is 0.957. The molecule has 0 aliphatic carbocycles. The topological polar surface area (TPSA) is 78.9 Å². The van der Waals surface area contributed by atoms with Crippen LogP contribution in [0.25, 0.3) is 0 Å². The second-order valence-corrected chi connectivity index (χ2v) is 25.6. The summed E-state index contributed by atoms with van der Waals surface area (Å²) < 4.78 is 17.0. The normalized spacial score (nSPS) is 12.1. The molecule has 0 saturated heterocycles. The van der Waals surface area contributed by atoms with E-state index >= 15 is 0 Å². The van der Waals surface area contributed by atoms with Crippen LogP contribution < -0.4 is 0 Å². The van der Waals surface area contributed by atoms with E-state index in [2.05, 4.69) is 41.5 Å². The highest BCUT2D eigenvalue weighted by Crippen LogP contribution is 2.20. The van der Waals surface area contributed by atoms with Gasteiger partial charge in [-0.05, 0) is 37.0 Å². The van der Waals surface area contributed by atoms with E-state index < -0.39 is 6.10 Å². The number of rotatable bonds is 63. The molecule has 0 unspecified atom stereocenters. The van der Waals surface area contributed by atoms with Gasteiger partial charge in [0.25, 0.3) is 0 Å². The van der Waals surface area contributed by atoms with Gasteiger partial charge in [0, 0.05) is 19.3 Å². The van der Waals surface area contributed by atoms with E-state index in [0.717, 1.165) is 75.5 Å². The van der Waals surface area contributed by atoms with Gasteiger partial charge in [0.2, 0.25) is 0 Å². The summed E-state index contributed by atoms with van der Waals surface area (Å²) >= 11 is 0. The van der Waals surface area contributed by atoms with Crippen LogP contribution in [-0.4, -0.2) is 37.2 Å². The van der Waals surface area contributed by atoms with E-state index in [4.69, 9.17) is 14.2 Å². The van der Waals surface area contributed by atoms with Crippen LogP contribution in [0, 0.1) is 17.8 Å². The molecule has 0 rings (SSSR count). The first-order valence-electron chi connectivity index (χ1n) is 34.6. The summed E-state index contributed by atoms with van der Waals surface area (Å²) in [4.78, 5) is 38.4. The lowest BCUT2D eigenvalue weighted by atomic mass is 10.0. The van der Waals surface area contributed by atoms with Crippen LogP contribution >= 0.6 is 0 Å². The average Bonchev–Trinajstić information content (AvgIpc) is 3.39. The van der Waals surface area contributed by atoms with E-state index in [1.807, 2.05) is 0 Å². The fourth-order valence-electron chi connectivity index (χ4n) is 10.9. The molecule has 452 valence electrons. The molecule has 0 spiro atoms. The molecule has 0 aromatic rings. The van der Waals surface area contributed by atoms with Crippen LogP contribution in [0.1, 0.15) is 395 Å². The first kappa shape index (κ1) is 74.4. The van der Waals surface area contributed by atoms with Crippen LogP contribution in [0.2, 0.25) is 0 Å². The van der Waals surface area contributed by atoms with E-state index in [0.29, 0.717) is 19.3 Å². The van der Waals surface area contributed by atoms with Gasteiger partial charge in [-0.2, -0.15) is 0 Å². The molecule has 1 atom stereocenters. The van der Waals surface area contributed by atoms with Crippen molar-refractivity contribution in [2.24, 2.45) is 17.8 Å². The molecule has 0 radical (unpaired) electrons. The summed E-state index contributed by atoms with van der Waals surface area (Å²) in [5, 5.41) is 0. The van der Waals surface area contributed by atoms with Crippen molar-refractivity contribution < 1.29 is 28.6 Å². The van der Waals surface area contributed by atoms with Gasteiger partial charge in [0.15, 0.2) is 6.10 Å². The Balaban J connectivity index is 4.28. The van der Waals surface area contributed by atoms with Crippen LogP contribution in [-0.2, 0) is 28.6 Å². The van der Waals surface area contributed by atoms with Crippen LogP contribution in [0.15, 0.2) is 0 Å². The number of hydrogen-bond acceptors (Lipinski definition) is 6. The number of hydrogen-bond donors (Lipinski definition) is 0. The number of carbonyl (C=O) groups is 3. The zero-order valence-corrected chi connectivity index (χ0v) is 52.6. The molecule has 0 heterocycles. The summed E-state index contributed by atoms with van der Waals surface area (Å²) in [7, 11) is 0. The maximum atomic E-state index is 13.0. The first-order chi connectivity index (χ1) is 37.1. The van der Waals surface area contributed by atoms with Crippen molar-refractivity contribution in [1.82, 2.24) is 0 Å². The molecule has 0 fully saturated rings. The van der Waals surface area contributed by atoms with Crippen LogP contribution in [0.3, 0.4) is 0 Å². The first-order valence-corrected chi connectivity index (χ1v) is 34.6. The molecule has 6 nitrogen and oxygen atoms in total. The quantitative estimate of drug-likeness (QED) is 0.0343. The Labute approximate surface area is 476 Å². The maximum absolute atomic E-state index is 13.0. The lowest BCUT2D eigenvalue weighted by Crippen LogP contribution is -2.30. The molecule has 0 aromatic heterocycles. The fourth-order valence-corrected chi connectivity index (χ4v) is 10.9. The minimum atomic E-state index is -0.765. The Morgan fingerprint density at radius 3 is 0.566 bits per heavy atom. The van der Waals surface area contributed by atoms with E-state index in [-0.39, 0.29) is 31.1 Å². The highest BCUT2D eigenvalue weighted by molar-refractivity contribution is 5.71. The molecule has 0 aromatic carbocycles. The van der Waals surface area contributed by atoms with Gasteiger partial charge >= 0.3 is 17.9 Å². The van der Waals surface area contributed by atoms with Crippen molar-refractivity contribution in [3.05, 3.63) is 0 Å². The molecule has 0 aliphatic heterocycles. The van der Waals surface area contributed by atoms with Crippen molar-refractivity contribution in [3.8, 4) is 0 Å². The average molecular weight is 1070 g/mol. The minimum absolute atomic E-state index is 0.0619. The predicted octanol–water partition coefficient (Wildman–Crippen LogP) is 23.4.